The first-order valence-electron chi connectivity index (χ1n) is 10.7. The van der Waals surface area contributed by atoms with Gasteiger partial charge in [0.1, 0.15) is 5.75 Å². The number of aliphatic imine (C=N–C) groups is 1. The van der Waals surface area contributed by atoms with Crippen LogP contribution in [0.3, 0.4) is 0 Å². The van der Waals surface area contributed by atoms with E-state index in [1.807, 2.05) is 6.21 Å². The van der Waals surface area contributed by atoms with E-state index in [9.17, 15) is 5.11 Å². The Labute approximate surface area is 189 Å². The molecule has 0 unspecified atom stereocenters. The van der Waals surface area contributed by atoms with Crippen molar-refractivity contribution in [1.29, 1.82) is 0 Å². The average molecular weight is 502 g/mol. The van der Waals surface area contributed by atoms with Crippen LogP contribution in [0.5, 0.6) is 5.75 Å². The molecule has 0 aliphatic heterocycles. The van der Waals surface area contributed by atoms with Crippen molar-refractivity contribution >= 4 is 23.2 Å². The monoisotopic (exact) mass is 499 g/mol. The molecule has 5 rings (SSSR count). The van der Waals surface area contributed by atoms with Crippen LogP contribution in [0.1, 0.15) is 75.5 Å². The third-order valence-corrected chi connectivity index (χ3v) is 6.96. The normalized spacial score (nSPS) is 30.6. The number of benzene rings is 1. The molecule has 0 spiro atoms. The average Bonchev–Trinajstić information content (AvgIpc) is 2.60. The molecule has 4 aliphatic rings. The van der Waals surface area contributed by atoms with Gasteiger partial charge < -0.3 is 5.11 Å². The summed E-state index contributed by atoms with van der Waals surface area (Å²) in [6.07, 6.45) is 11.2. The van der Waals surface area contributed by atoms with Gasteiger partial charge in [-0.2, -0.15) is 0 Å². The number of halogens is 2. The second kappa shape index (κ2) is 9.97. The first kappa shape index (κ1) is 22.8. The number of hydrogen-bond donors (Lipinski definition) is 1. The van der Waals surface area contributed by atoms with E-state index in [1.165, 1.54) is 49.7 Å². The molecule has 1 aromatic rings. The molecular formula is C23H33Cl2NOZr. The van der Waals surface area contributed by atoms with Crippen molar-refractivity contribution in [1.82, 2.24) is 0 Å². The van der Waals surface area contributed by atoms with Gasteiger partial charge in [0, 0.05) is 23.9 Å². The van der Waals surface area contributed by atoms with Gasteiger partial charge in [-0.15, -0.1) is 0 Å². The van der Waals surface area contributed by atoms with E-state index in [0.29, 0.717) is 11.7 Å². The number of nitrogens with zero attached hydrogens (tertiary/aromatic N) is 1. The standard InChI is InChI=1S/C23H33NO.2ClH.Zr/c1-15(2)4-5-24-14-20-6-16(3)7-21(22(20)25)23-11-17-8-18(12-23)10-19(9-17)13-23;;;/h6-7,14-15,17-19,25H,4-5,8-13H2,1-3H3;2*1H;/q;;;+2/p-2. The molecule has 0 radical (unpaired) electrons. The molecule has 4 saturated carbocycles. The molecule has 2 nitrogen and oxygen atoms in total. The number of aromatic hydroxyl groups is 1. The van der Waals surface area contributed by atoms with E-state index < -0.39 is 20.8 Å². The van der Waals surface area contributed by atoms with Gasteiger partial charge in [0.2, 0.25) is 0 Å². The Balaban J connectivity index is 0.000000706. The van der Waals surface area contributed by atoms with Crippen molar-refractivity contribution in [3.05, 3.63) is 28.8 Å². The second-order valence-electron chi connectivity index (χ2n) is 9.74. The van der Waals surface area contributed by atoms with Crippen LogP contribution in [0.25, 0.3) is 0 Å². The van der Waals surface area contributed by atoms with Gasteiger partial charge >= 0.3 is 37.9 Å². The summed E-state index contributed by atoms with van der Waals surface area (Å²) in [5.74, 6) is 3.88. The van der Waals surface area contributed by atoms with Gasteiger partial charge in [-0.05, 0) is 92.6 Å². The summed E-state index contributed by atoms with van der Waals surface area (Å²) >= 11 is -0.826. The Bertz CT molecular complexity index is 669. The fourth-order valence-electron chi connectivity index (χ4n) is 6.25. The summed E-state index contributed by atoms with van der Waals surface area (Å²) in [6.45, 7) is 7.46. The molecule has 4 aliphatic carbocycles. The number of phenolic OH excluding ortho intramolecular Hbond substituents is 1. The van der Waals surface area contributed by atoms with E-state index >= 15 is 0 Å². The van der Waals surface area contributed by atoms with Crippen LogP contribution in [0.2, 0.25) is 0 Å². The van der Waals surface area contributed by atoms with Crippen LogP contribution >= 0.6 is 17.0 Å². The van der Waals surface area contributed by atoms with Gasteiger partial charge in [0.05, 0.1) is 0 Å². The van der Waals surface area contributed by atoms with Gasteiger partial charge in [-0.25, -0.2) is 0 Å². The quantitative estimate of drug-likeness (QED) is 0.433. The summed E-state index contributed by atoms with van der Waals surface area (Å²) < 4.78 is 0. The first-order chi connectivity index (χ1) is 13.4. The zero-order chi connectivity index (χ0) is 20.3. The molecule has 0 saturated heterocycles. The van der Waals surface area contributed by atoms with Crippen molar-refractivity contribution in [3.63, 3.8) is 0 Å². The number of aryl methyl sites for hydroxylation is 1. The minimum atomic E-state index is -0.826. The van der Waals surface area contributed by atoms with Crippen LogP contribution in [0.15, 0.2) is 17.1 Å². The Hall–Kier alpha value is 0.153. The molecule has 5 heteroatoms. The van der Waals surface area contributed by atoms with Crippen molar-refractivity contribution in [2.24, 2.45) is 28.7 Å². The molecule has 28 heavy (non-hydrogen) atoms. The van der Waals surface area contributed by atoms with E-state index in [1.54, 1.807) is 0 Å². The van der Waals surface area contributed by atoms with Crippen LogP contribution in [-0.2, 0) is 26.3 Å². The summed E-state index contributed by atoms with van der Waals surface area (Å²) in [6, 6.07) is 4.37. The van der Waals surface area contributed by atoms with Gasteiger partial charge in [-0.1, -0.05) is 19.9 Å². The molecule has 0 atom stereocenters. The van der Waals surface area contributed by atoms with E-state index in [0.717, 1.165) is 36.3 Å². The summed E-state index contributed by atoms with van der Waals surface area (Å²) in [7, 11) is 9.87. The summed E-state index contributed by atoms with van der Waals surface area (Å²) in [5.41, 5.74) is 3.66. The predicted molar refractivity (Wildman–Crippen MR) is 116 cm³/mol. The van der Waals surface area contributed by atoms with Crippen LogP contribution in [0, 0.1) is 30.6 Å². The first-order valence-corrected chi connectivity index (χ1v) is 17.0. The van der Waals surface area contributed by atoms with Crippen LogP contribution in [-0.4, -0.2) is 17.9 Å². The third-order valence-electron chi connectivity index (χ3n) is 6.96. The third kappa shape index (κ3) is 5.25. The number of phenols is 1. The predicted octanol–water partition coefficient (Wildman–Crippen LogP) is 7.01. The van der Waals surface area contributed by atoms with Crippen molar-refractivity contribution in [3.8, 4) is 5.75 Å². The SMILES string of the molecule is Cc1cc(C=NCCC(C)C)c(O)c(C23CC4CC(CC(C4)C2)C3)c1.[Cl][Zr][Cl]. The van der Waals surface area contributed by atoms with Crippen molar-refractivity contribution in [2.75, 3.05) is 6.54 Å². The molecular weight excluding hydrogens is 468 g/mol. The fourth-order valence-corrected chi connectivity index (χ4v) is 6.25. The molecule has 0 heterocycles. The summed E-state index contributed by atoms with van der Waals surface area (Å²) in [4.78, 5) is 4.59. The van der Waals surface area contributed by atoms with Gasteiger partial charge in [0.15, 0.2) is 0 Å². The van der Waals surface area contributed by atoms with Crippen LogP contribution in [0.4, 0.5) is 0 Å². The van der Waals surface area contributed by atoms with Gasteiger partial charge in [0.25, 0.3) is 0 Å². The van der Waals surface area contributed by atoms with E-state index in [2.05, 4.69) is 37.9 Å². The number of rotatable bonds is 5. The maximum atomic E-state index is 11.1. The molecule has 4 bridgehead atoms. The molecule has 154 valence electrons. The van der Waals surface area contributed by atoms with Crippen molar-refractivity contribution < 1.29 is 26.0 Å². The number of hydrogen-bond acceptors (Lipinski definition) is 2. The fraction of sp³-hybridized carbons (Fsp3) is 0.696. The molecule has 1 N–H and O–H groups in total. The molecule has 0 amide bonds. The topological polar surface area (TPSA) is 32.6 Å². The molecule has 1 aromatic carbocycles. The van der Waals surface area contributed by atoms with Crippen molar-refractivity contribution in [2.45, 2.75) is 71.1 Å². The second-order valence-corrected chi connectivity index (χ2v) is 13.5. The Morgan fingerprint density at radius 3 is 2.18 bits per heavy atom. The molecule has 4 fully saturated rings. The van der Waals surface area contributed by atoms with Crippen LogP contribution < -0.4 is 0 Å². The Morgan fingerprint density at radius 2 is 1.68 bits per heavy atom. The zero-order valence-corrected chi connectivity index (χ0v) is 21.3. The summed E-state index contributed by atoms with van der Waals surface area (Å²) in [5, 5.41) is 11.1. The van der Waals surface area contributed by atoms with E-state index in [-0.39, 0.29) is 5.41 Å². The maximum absolute atomic E-state index is 11.1. The minimum absolute atomic E-state index is 0.241. The zero-order valence-electron chi connectivity index (χ0n) is 17.3. The Kier molecular flexibility index (Phi) is 8.13. The Morgan fingerprint density at radius 1 is 1.14 bits per heavy atom. The van der Waals surface area contributed by atoms with Gasteiger partial charge in [-0.3, -0.25) is 4.99 Å². The van der Waals surface area contributed by atoms with E-state index in [4.69, 9.17) is 17.0 Å². The molecule has 0 aromatic heterocycles.